The summed E-state index contributed by atoms with van der Waals surface area (Å²) in [7, 11) is 0. The number of tetrazole rings is 1. The van der Waals surface area contributed by atoms with Crippen molar-refractivity contribution in [3.63, 3.8) is 0 Å². The molecule has 0 fully saturated rings. The second kappa shape index (κ2) is 9.60. The highest BCUT2D eigenvalue weighted by Gasteiger charge is 2.24. The zero-order chi connectivity index (χ0) is 22.7. The molecule has 1 aliphatic rings. The Morgan fingerprint density at radius 2 is 1.78 bits per heavy atom. The molecule has 0 radical (unpaired) electrons. The first-order chi connectivity index (χ1) is 15.5. The second-order valence-electron chi connectivity index (χ2n) is 7.94. The molecular weight excluding hydrogens is 430 g/mol. The van der Waals surface area contributed by atoms with Crippen LogP contribution in [0.25, 0.3) is 11.4 Å². The summed E-state index contributed by atoms with van der Waals surface area (Å²) in [5.74, 6) is 1.01. The highest BCUT2D eigenvalue weighted by atomic mass is 35.5. The molecular formula is C22H26ClN7O2. The molecule has 1 aromatic carbocycles. The van der Waals surface area contributed by atoms with Gasteiger partial charge in [0.1, 0.15) is 11.0 Å². The summed E-state index contributed by atoms with van der Waals surface area (Å²) in [5, 5.41) is 13.1. The van der Waals surface area contributed by atoms with Crippen molar-refractivity contribution < 1.29 is 0 Å². The summed E-state index contributed by atoms with van der Waals surface area (Å²) in [6.07, 6.45) is 3.40. The molecule has 168 valence electrons. The van der Waals surface area contributed by atoms with Gasteiger partial charge in [-0.2, -0.15) is 4.80 Å². The number of hydrogen-bond acceptors (Lipinski definition) is 6. The number of rotatable bonds is 9. The van der Waals surface area contributed by atoms with Crippen LogP contribution < -0.4 is 11.2 Å². The Bertz CT molecular complexity index is 1270. The van der Waals surface area contributed by atoms with Crippen LogP contribution in [0.3, 0.4) is 0 Å². The highest BCUT2D eigenvalue weighted by Crippen LogP contribution is 2.24. The minimum absolute atomic E-state index is 0.284. The number of fused-ring (bicyclic) bond motifs is 1. The summed E-state index contributed by atoms with van der Waals surface area (Å²) in [6.45, 7) is 5.47. The fourth-order valence-corrected chi connectivity index (χ4v) is 4.05. The Morgan fingerprint density at radius 1 is 1.03 bits per heavy atom. The zero-order valence-electron chi connectivity index (χ0n) is 18.3. The lowest BCUT2D eigenvalue weighted by Gasteiger charge is -2.13. The first kappa shape index (κ1) is 22.1. The van der Waals surface area contributed by atoms with E-state index in [2.05, 4.69) is 27.3 Å². The van der Waals surface area contributed by atoms with Gasteiger partial charge >= 0.3 is 5.69 Å². The van der Waals surface area contributed by atoms with Crippen LogP contribution in [0, 0.1) is 6.92 Å². The SMILES string of the molecule is CCCCn1c2c(c(=O)n(CCCCn3nnc(-c4ccccc4C)n3)c1=O)CC(Cl)=N2. The van der Waals surface area contributed by atoms with E-state index >= 15 is 0 Å². The molecule has 4 rings (SSSR count). The van der Waals surface area contributed by atoms with Gasteiger partial charge in [-0.3, -0.25) is 13.9 Å². The highest BCUT2D eigenvalue weighted by molar-refractivity contribution is 6.66. The quantitative estimate of drug-likeness (QED) is 0.461. The summed E-state index contributed by atoms with van der Waals surface area (Å²) in [4.78, 5) is 31.7. The molecule has 10 heteroatoms. The van der Waals surface area contributed by atoms with Crippen LogP contribution >= 0.6 is 11.6 Å². The Labute approximate surface area is 190 Å². The molecule has 3 heterocycles. The molecule has 0 amide bonds. The second-order valence-corrected chi connectivity index (χ2v) is 8.38. The van der Waals surface area contributed by atoms with Gasteiger partial charge in [0.05, 0.1) is 12.1 Å². The Balaban J connectivity index is 1.44. The Kier molecular flexibility index (Phi) is 6.64. The molecule has 32 heavy (non-hydrogen) atoms. The fraction of sp³-hybridized carbons (Fsp3) is 0.455. The van der Waals surface area contributed by atoms with Crippen LogP contribution in [-0.2, 0) is 26.1 Å². The van der Waals surface area contributed by atoms with Crippen LogP contribution in [-0.4, -0.2) is 34.5 Å². The van der Waals surface area contributed by atoms with Crippen LogP contribution in [0.5, 0.6) is 0 Å². The molecule has 0 unspecified atom stereocenters. The predicted molar refractivity (Wildman–Crippen MR) is 124 cm³/mol. The lowest BCUT2D eigenvalue weighted by atomic mass is 10.1. The van der Waals surface area contributed by atoms with E-state index in [1.165, 1.54) is 4.57 Å². The largest absolute Gasteiger partial charge is 0.332 e. The van der Waals surface area contributed by atoms with Crippen LogP contribution in [0.2, 0.25) is 0 Å². The maximum absolute atomic E-state index is 13.0. The maximum Gasteiger partial charge on any atom is 0.332 e. The van der Waals surface area contributed by atoms with E-state index in [1.54, 1.807) is 9.36 Å². The molecule has 0 saturated heterocycles. The van der Waals surface area contributed by atoms with E-state index in [1.807, 2.05) is 31.2 Å². The van der Waals surface area contributed by atoms with Gasteiger partial charge in [0.15, 0.2) is 0 Å². The van der Waals surface area contributed by atoms with Crippen molar-refractivity contribution in [1.29, 1.82) is 0 Å². The minimum Gasteiger partial charge on any atom is -0.278 e. The standard InChI is InChI=1S/C22H26ClN7O2/c1-3-4-11-28-20-17(14-18(23)24-20)21(31)29(22(28)32)12-7-8-13-30-26-19(25-27-30)16-10-6-5-9-15(16)2/h5-6,9-10H,3-4,7-8,11-14H2,1-2H3. The van der Waals surface area contributed by atoms with Crippen molar-refractivity contribution in [2.45, 2.75) is 65.6 Å². The van der Waals surface area contributed by atoms with Gasteiger partial charge < -0.3 is 0 Å². The van der Waals surface area contributed by atoms with E-state index in [4.69, 9.17) is 11.6 Å². The summed E-state index contributed by atoms with van der Waals surface area (Å²) >= 11 is 6.07. The molecule has 0 aliphatic carbocycles. The maximum atomic E-state index is 13.0. The third-order valence-electron chi connectivity index (χ3n) is 5.60. The molecule has 3 aromatic rings. The monoisotopic (exact) mass is 455 g/mol. The molecule has 0 saturated carbocycles. The topological polar surface area (TPSA) is 100.0 Å². The van der Waals surface area contributed by atoms with Gasteiger partial charge in [-0.1, -0.05) is 49.2 Å². The Morgan fingerprint density at radius 3 is 2.56 bits per heavy atom. The van der Waals surface area contributed by atoms with Crippen molar-refractivity contribution in [1.82, 2.24) is 29.3 Å². The molecule has 2 aromatic heterocycles. The van der Waals surface area contributed by atoms with Gasteiger partial charge in [-0.25, -0.2) is 9.79 Å². The van der Waals surface area contributed by atoms with Crippen LogP contribution in [0.4, 0.5) is 5.82 Å². The van der Waals surface area contributed by atoms with Gasteiger partial charge in [-0.15, -0.1) is 10.2 Å². The number of unbranched alkanes of at least 4 members (excludes halogenated alkanes) is 2. The lowest BCUT2D eigenvalue weighted by molar-refractivity contribution is 0.454. The zero-order valence-corrected chi connectivity index (χ0v) is 19.0. The number of halogens is 1. The molecule has 0 spiro atoms. The summed E-state index contributed by atoms with van der Waals surface area (Å²) in [6, 6.07) is 7.90. The van der Waals surface area contributed by atoms with Crippen molar-refractivity contribution in [3.05, 3.63) is 56.2 Å². The molecule has 0 N–H and O–H groups in total. The lowest BCUT2D eigenvalue weighted by Crippen LogP contribution is -2.41. The van der Waals surface area contributed by atoms with Crippen molar-refractivity contribution in [2.75, 3.05) is 0 Å². The number of aromatic nitrogens is 6. The third kappa shape index (κ3) is 4.43. The normalized spacial score (nSPS) is 12.8. The first-order valence-corrected chi connectivity index (χ1v) is 11.3. The van der Waals surface area contributed by atoms with Crippen molar-refractivity contribution in [3.8, 4) is 11.4 Å². The molecule has 9 nitrogen and oxygen atoms in total. The Hall–Kier alpha value is -3.07. The number of aryl methyl sites for hydroxylation is 2. The van der Waals surface area contributed by atoms with Crippen LogP contribution in [0.15, 0.2) is 38.8 Å². The average Bonchev–Trinajstić information content (AvgIpc) is 3.40. The van der Waals surface area contributed by atoms with Gasteiger partial charge in [0.25, 0.3) is 5.56 Å². The van der Waals surface area contributed by atoms with E-state index in [0.29, 0.717) is 54.9 Å². The number of hydrogen-bond donors (Lipinski definition) is 0. The minimum atomic E-state index is -0.321. The van der Waals surface area contributed by atoms with E-state index in [-0.39, 0.29) is 17.7 Å². The van der Waals surface area contributed by atoms with E-state index < -0.39 is 0 Å². The smallest absolute Gasteiger partial charge is 0.278 e. The van der Waals surface area contributed by atoms with Crippen molar-refractivity contribution in [2.24, 2.45) is 4.99 Å². The summed E-state index contributed by atoms with van der Waals surface area (Å²) < 4.78 is 2.90. The van der Waals surface area contributed by atoms with Gasteiger partial charge in [-0.05, 0) is 37.0 Å². The number of aliphatic imine (C=N–C) groups is 1. The third-order valence-corrected chi connectivity index (χ3v) is 5.82. The number of nitrogens with zero attached hydrogens (tertiary/aromatic N) is 7. The first-order valence-electron chi connectivity index (χ1n) is 10.9. The van der Waals surface area contributed by atoms with Crippen molar-refractivity contribution >= 4 is 22.6 Å². The van der Waals surface area contributed by atoms with Crippen LogP contribution in [0.1, 0.15) is 43.7 Å². The number of benzene rings is 1. The average molecular weight is 456 g/mol. The fourth-order valence-electron chi connectivity index (χ4n) is 3.84. The predicted octanol–water partition coefficient (Wildman–Crippen LogP) is 3.08. The van der Waals surface area contributed by atoms with E-state index in [0.717, 1.165) is 24.0 Å². The molecule has 1 aliphatic heterocycles. The van der Waals surface area contributed by atoms with E-state index in [9.17, 15) is 9.59 Å². The van der Waals surface area contributed by atoms with Gasteiger partial charge in [0.2, 0.25) is 5.82 Å². The summed E-state index contributed by atoms with van der Waals surface area (Å²) in [5.41, 5.74) is 1.94. The van der Waals surface area contributed by atoms with Gasteiger partial charge in [0, 0.05) is 25.1 Å². The molecule has 0 bridgehead atoms. The molecule has 0 atom stereocenters.